The van der Waals surface area contributed by atoms with Crippen molar-refractivity contribution in [2.75, 3.05) is 18.2 Å². The number of H-pyrrole nitrogens is 1. The molecular formula is C16H16N2O6S. The van der Waals surface area contributed by atoms with Crippen molar-refractivity contribution in [2.45, 2.75) is 11.8 Å². The summed E-state index contributed by atoms with van der Waals surface area (Å²) in [4.78, 5) is 37.4. The molecule has 8 nitrogen and oxygen atoms in total. The van der Waals surface area contributed by atoms with Crippen LogP contribution in [0.4, 0.5) is 5.69 Å². The molecule has 25 heavy (non-hydrogen) atoms. The number of hydrogen-bond acceptors (Lipinski definition) is 6. The summed E-state index contributed by atoms with van der Waals surface area (Å²) in [5, 5.41) is 2.39. The first-order valence-corrected chi connectivity index (χ1v) is 9.03. The summed E-state index contributed by atoms with van der Waals surface area (Å²) >= 11 is 0. The maximum Gasteiger partial charge on any atom is 0.355 e. The second-order valence-corrected chi connectivity index (χ2v) is 7.24. The molecule has 0 spiro atoms. The lowest BCUT2D eigenvalue weighted by atomic mass is 10.2. The summed E-state index contributed by atoms with van der Waals surface area (Å²) in [6, 6.07) is 7.21. The Morgan fingerprint density at radius 2 is 1.88 bits per heavy atom. The van der Waals surface area contributed by atoms with Crippen molar-refractivity contribution in [3.05, 3.63) is 47.8 Å². The number of rotatable bonds is 6. The number of para-hydroxylation sites is 1. The summed E-state index contributed by atoms with van der Waals surface area (Å²) in [5.41, 5.74) is 0.456. The molecular weight excluding hydrogens is 348 g/mol. The summed E-state index contributed by atoms with van der Waals surface area (Å²) in [5.74, 6) is -1.72. The summed E-state index contributed by atoms with van der Waals surface area (Å²) in [6.07, 6.45) is 2.39. The van der Waals surface area contributed by atoms with Crippen molar-refractivity contribution in [1.29, 1.82) is 0 Å². The van der Waals surface area contributed by atoms with E-state index >= 15 is 0 Å². The molecule has 1 amide bonds. The van der Waals surface area contributed by atoms with Gasteiger partial charge in [-0.15, -0.1) is 0 Å². The van der Waals surface area contributed by atoms with Crippen molar-refractivity contribution in [1.82, 2.24) is 4.98 Å². The molecule has 132 valence electrons. The van der Waals surface area contributed by atoms with Gasteiger partial charge in [0.2, 0.25) is 0 Å². The third kappa shape index (κ3) is 4.77. The normalized spacial score (nSPS) is 11.0. The monoisotopic (exact) mass is 364 g/mol. The van der Waals surface area contributed by atoms with E-state index < -0.39 is 28.3 Å². The zero-order valence-corrected chi connectivity index (χ0v) is 14.3. The molecule has 1 heterocycles. The molecule has 0 unspecified atom stereocenters. The maximum absolute atomic E-state index is 11.9. The highest BCUT2D eigenvalue weighted by Gasteiger charge is 2.17. The van der Waals surface area contributed by atoms with Crippen LogP contribution >= 0.6 is 0 Å². The average Bonchev–Trinajstić information content (AvgIpc) is 3.02. The minimum Gasteiger partial charge on any atom is -0.451 e. The molecule has 0 atom stereocenters. The number of carbonyl (C=O) groups is 3. The summed E-state index contributed by atoms with van der Waals surface area (Å²) in [7, 11) is -3.52. The number of sulfone groups is 1. The van der Waals surface area contributed by atoms with Crippen molar-refractivity contribution >= 4 is 33.2 Å². The molecule has 0 bridgehead atoms. The van der Waals surface area contributed by atoms with Crippen molar-refractivity contribution in [3.63, 3.8) is 0 Å². The van der Waals surface area contributed by atoms with Gasteiger partial charge in [0, 0.05) is 18.0 Å². The van der Waals surface area contributed by atoms with Gasteiger partial charge in [-0.05, 0) is 25.1 Å². The SMILES string of the molecule is CC(=O)c1c[nH]c(C(=O)OCC(=O)Nc2ccccc2S(C)(=O)=O)c1. The van der Waals surface area contributed by atoms with Gasteiger partial charge in [0.1, 0.15) is 5.69 Å². The molecule has 0 saturated carbocycles. The number of carbonyl (C=O) groups excluding carboxylic acids is 3. The van der Waals surface area contributed by atoms with E-state index in [0.29, 0.717) is 5.56 Å². The molecule has 0 aliphatic rings. The Morgan fingerprint density at radius 3 is 2.48 bits per heavy atom. The number of benzene rings is 1. The highest BCUT2D eigenvalue weighted by molar-refractivity contribution is 7.90. The number of ether oxygens (including phenoxy) is 1. The van der Waals surface area contributed by atoms with E-state index in [2.05, 4.69) is 10.3 Å². The van der Waals surface area contributed by atoms with Gasteiger partial charge in [0.25, 0.3) is 5.91 Å². The smallest absolute Gasteiger partial charge is 0.355 e. The number of esters is 1. The lowest BCUT2D eigenvalue weighted by Gasteiger charge is -2.09. The van der Waals surface area contributed by atoms with Crippen LogP contribution in [0.3, 0.4) is 0 Å². The van der Waals surface area contributed by atoms with Gasteiger partial charge in [0.15, 0.2) is 22.2 Å². The molecule has 0 radical (unpaired) electrons. The molecule has 0 aliphatic heterocycles. The predicted octanol–water partition coefficient (Wildman–Crippen LogP) is 1.42. The van der Waals surface area contributed by atoms with Gasteiger partial charge in [-0.25, -0.2) is 13.2 Å². The van der Waals surface area contributed by atoms with Crippen LogP contribution in [0.25, 0.3) is 0 Å². The Hall–Kier alpha value is -2.94. The second-order valence-electron chi connectivity index (χ2n) is 5.25. The Kier molecular flexibility index (Phi) is 5.38. The first kappa shape index (κ1) is 18.4. The van der Waals surface area contributed by atoms with Gasteiger partial charge >= 0.3 is 5.97 Å². The Labute approximate surface area is 144 Å². The van der Waals surface area contributed by atoms with E-state index in [9.17, 15) is 22.8 Å². The number of ketones is 1. The largest absolute Gasteiger partial charge is 0.451 e. The number of aromatic nitrogens is 1. The Morgan fingerprint density at radius 1 is 1.20 bits per heavy atom. The van der Waals surface area contributed by atoms with Crippen LogP contribution in [0, 0.1) is 0 Å². The molecule has 9 heteroatoms. The Balaban J connectivity index is 1.99. The quantitative estimate of drug-likeness (QED) is 0.590. The number of aromatic amines is 1. The van der Waals surface area contributed by atoms with Crippen molar-refractivity contribution in [3.8, 4) is 0 Å². The Bertz CT molecular complexity index is 930. The summed E-state index contributed by atoms with van der Waals surface area (Å²) < 4.78 is 28.2. The standard InChI is InChI=1S/C16H16N2O6S/c1-10(19)11-7-13(17-8-11)16(21)24-9-15(20)18-12-5-3-4-6-14(12)25(2,22)23/h3-8,17H,9H2,1-2H3,(H,18,20). The van der Waals surface area contributed by atoms with Gasteiger partial charge < -0.3 is 15.0 Å². The minimum atomic E-state index is -3.52. The first-order chi connectivity index (χ1) is 11.7. The highest BCUT2D eigenvalue weighted by atomic mass is 32.2. The zero-order chi connectivity index (χ0) is 18.6. The van der Waals surface area contributed by atoms with Gasteiger partial charge in [-0.2, -0.15) is 0 Å². The molecule has 2 aromatic rings. The first-order valence-electron chi connectivity index (χ1n) is 7.14. The van der Waals surface area contributed by atoms with Gasteiger partial charge in [-0.1, -0.05) is 12.1 Å². The molecule has 0 aliphatic carbocycles. The van der Waals surface area contributed by atoms with Crippen molar-refractivity contribution in [2.24, 2.45) is 0 Å². The number of amides is 1. The zero-order valence-electron chi connectivity index (χ0n) is 13.5. The van der Waals surface area contributed by atoms with Crippen LogP contribution in [0.15, 0.2) is 41.4 Å². The molecule has 1 aromatic carbocycles. The van der Waals surface area contributed by atoms with Crippen LogP contribution in [0.2, 0.25) is 0 Å². The number of nitrogens with one attached hydrogen (secondary N) is 2. The van der Waals surface area contributed by atoms with E-state index in [-0.39, 0.29) is 22.1 Å². The maximum atomic E-state index is 11.9. The fourth-order valence-electron chi connectivity index (χ4n) is 2.00. The summed E-state index contributed by atoms with van der Waals surface area (Å²) in [6.45, 7) is 0.746. The molecule has 2 N–H and O–H groups in total. The fraction of sp³-hybridized carbons (Fsp3) is 0.188. The lowest BCUT2D eigenvalue weighted by molar-refractivity contribution is -0.119. The van der Waals surface area contributed by atoms with Gasteiger partial charge in [-0.3, -0.25) is 9.59 Å². The molecule has 2 rings (SSSR count). The van der Waals surface area contributed by atoms with Crippen LogP contribution in [-0.4, -0.2) is 43.9 Å². The number of Topliss-reactive ketones (excluding diaryl/α,β-unsaturated/α-hetero) is 1. The number of hydrogen-bond donors (Lipinski definition) is 2. The van der Waals surface area contributed by atoms with E-state index in [1.54, 1.807) is 6.07 Å². The topological polar surface area (TPSA) is 122 Å². The third-order valence-corrected chi connectivity index (χ3v) is 4.36. The number of anilines is 1. The van der Waals surface area contributed by atoms with E-state index in [1.165, 1.54) is 37.4 Å². The van der Waals surface area contributed by atoms with E-state index in [0.717, 1.165) is 6.26 Å². The van der Waals surface area contributed by atoms with E-state index in [4.69, 9.17) is 4.74 Å². The van der Waals surface area contributed by atoms with Crippen molar-refractivity contribution < 1.29 is 27.5 Å². The molecule has 0 saturated heterocycles. The van der Waals surface area contributed by atoms with Crippen LogP contribution in [0.5, 0.6) is 0 Å². The lowest BCUT2D eigenvalue weighted by Crippen LogP contribution is -2.22. The predicted molar refractivity (Wildman–Crippen MR) is 89.3 cm³/mol. The van der Waals surface area contributed by atoms with E-state index in [1.807, 2.05) is 0 Å². The second kappa shape index (κ2) is 7.31. The highest BCUT2D eigenvalue weighted by Crippen LogP contribution is 2.20. The minimum absolute atomic E-state index is 0.0366. The van der Waals surface area contributed by atoms with Gasteiger partial charge in [0.05, 0.1) is 10.6 Å². The fourth-order valence-corrected chi connectivity index (χ4v) is 2.85. The molecule has 0 fully saturated rings. The van der Waals surface area contributed by atoms with Crippen LogP contribution in [-0.2, 0) is 19.4 Å². The third-order valence-electron chi connectivity index (χ3n) is 3.20. The van der Waals surface area contributed by atoms with Crippen LogP contribution < -0.4 is 5.32 Å². The average molecular weight is 364 g/mol. The van der Waals surface area contributed by atoms with Crippen LogP contribution in [0.1, 0.15) is 27.8 Å². The molecule has 1 aromatic heterocycles.